The van der Waals surface area contributed by atoms with E-state index in [0.29, 0.717) is 37.4 Å². The molecule has 0 bridgehead atoms. The number of carbonyl (C=O) groups is 1. The molecule has 2 aromatic carbocycles. The molecule has 1 amide bonds. The number of pyridine rings is 1. The number of nitrogens with one attached hydrogen (secondary N) is 1. The minimum absolute atomic E-state index is 0.0400. The van der Waals surface area contributed by atoms with E-state index in [2.05, 4.69) is 10.3 Å². The normalized spacial score (nSPS) is 15.9. The van der Waals surface area contributed by atoms with Gasteiger partial charge >= 0.3 is 0 Å². The second-order valence-corrected chi connectivity index (χ2v) is 10.9. The number of rotatable bonds is 8. The third kappa shape index (κ3) is 6.26. The van der Waals surface area contributed by atoms with Gasteiger partial charge in [-0.05, 0) is 62.6 Å². The number of piperidine rings is 1. The molecule has 0 radical (unpaired) electrons. The summed E-state index contributed by atoms with van der Waals surface area (Å²) in [6.07, 6.45) is 4.51. The van der Waals surface area contributed by atoms with Gasteiger partial charge in [0.05, 0.1) is 10.9 Å². The maximum Gasteiger partial charge on any atom is 0.243 e. The Hall–Kier alpha value is -3.23. The molecule has 1 aromatic heterocycles. The summed E-state index contributed by atoms with van der Waals surface area (Å²) >= 11 is 0. The Bertz CT molecular complexity index is 1220. The Morgan fingerprint density at radius 2 is 1.77 bits per heavy atom. The van der Waals surface area contributed by atoms with E-state index in [4.69, 9.17) is 4.74 Å². The van der Waals surface area contributed by atoms with Crippen LogP contribution < -0.4 is 10.1 Å². The molecule has 0 saturated carbocycles. The Balaban J connectivity index is 1.27. The first-order valence-corrected chi connectivity index (χ1v) is 13.3. The highest BCUT2D eigenvalue weighted by molar-refractivity contribution is 7.89. The molecule has 0 aliphatic carbocycles. The van der Waals surface area contributed by atoms with Gasteiger partial charge in [0.15, 0.2) is 0 Å². The largest absolute Gasteiger partial charge is 0.489 e. The highest BCUT2D eigenvalue weighted by atomic mass is 32.2. The van der Waals surface area contributed by atoms with Gasteiger partial charge < -0.3 is 10.1 Å². The second kappa shape index (κ2) is 11.0. The van der Waals surface area contributed by atoms with Crippen LogP contribution in [0.5, 0.6) is 5.75 Å². The van der Waals surface area contributed by atoms with E-state index in [1.165, 1.54) is 4.31 Å². The molecule has 7 nitrogen and oxygen atoms in total. The molecule has 1 unspecified atom stereocenters. The van der Waals surface area contributed by atoms with Gasteiger partial charge in [-0.2, -0.15) is 4.31 Å². The molecule has 1 atom stereocenters. The molecule has 1 aliphatic rings. The lowest BCUT2D eigenvalue weighted by atomic mass is 9.96. The van der Waals surface area contributed by atoms with Gasteiger partial charge in [0.25, 0.3) is 0 Å². The highest BCUT2D eigenvalue weighted by Crippen LogP contribution is 2.25. The van der Waals surface area contributed by atoms with Crippen LogP contribution in [0.15, 0.2) is 78.0 Å². The smallest absolute Gasteiger partial charge is 0.243 e. The van der Waals surface area contributed by atoms with E-state index in [1.54, 1.807) is 36.7 Å². The third-order valence-corrected chi connectivity index (χ3v) is 8.26. The van der Waals surface area contributed by atoms with Crippen LogP contribution in [-0.4, -0.2) is 36.7 Å². The maximum absolute atomic E-state index is 12.9. The van der Waals surface area contributed by atoms with Gasteiger partial charge in [-0.25, -0.2) is 8.42 Å². The van der Waals surface area contributed by atoms with E-state index in [1.807, 2.05) is 50.2 Å². The van der Waals surface area contributed by atoms with Crippen molar-refractivity contribution in [3.8, 4) is 5.75 Å². The molecule has 0 spiro atoms. The first kappa shape index (κ1) is 24.9. The Kier molecular flexibility index (Phi) is 7.83. The predicted molar refractivity (Wildman–Crippen MR) is 134 cm³/mol. The lowest BCUT2D eigenvalue weighted by Crippen LogP contribution is -2.43. The molecule has 2 heterocycles. The number of aromatic nitrogens is 1. The zero-order valence-corrected chi connectivity index (χ0v) is 20.9. The zero-order valence-electron chi connectivity index (χ0n) is 20.1. The second-order valence-electron chi connectivity index (χ2n) is 8.94. The monoisotopic (exact) mass is 493 g/mol. The number of ether oxygens (including phenoxy) is 1. The van der Waals surface area contributed by atoms with Crippen LogP contribution in [0.2, 0.25) is 0 Å². The summed E-state index contributed by atoms with van der Waals surface area (Å²) in [6, 6.07) is 18.2. The van der Waals surface area contributed by atoms with Crippen molar-refractivity contribution in [2.75, 3.05) is 13.1 Å². The third-order valence-electron chi connectivity index (χ3n) is 6.35. The van der Waals surface area contributed by atoms with Crippen molar-refractivity contribution in [1.82, 2.24) is 14.6 Å². The number of hydrogen-bond acceptors (Lipinski definition) is 5. The molecule has 8 heteroatoms. The fourth-order valence-electron chi connectivity index (χ4n) is 4.14. The van der Waals surface area contributed by atoms with Crippen molar-refractivity contribution in [2.24, 2.45) is 5.92 Å². The lowest BCUT2D eigenvalue weighted by molar-refractivity contribution is -0.126. The number of nitrogens with zero attached hydrogens (tertiary/aromatic N) is 2. The van der Waals surface area contributed by atoms with Crippen molar-refractivity contribution in [2.45, 2.75) is 44.2 Å². The molecule has 1 N–H and O–H groups in total. The van der Waals surface area contributed by atoms with Crippen molar-refractivity contribution < 1.29 is 17.9 Å². The van der Waals surface area contributed by atoms with Crippen molar-refractivity contribution in [3.05, 3.63) is 89.7 Å². The maximum atomic E-state index is 12.9. The highest BCUT2D eigenvalue weighted by Gasteiger charge is 2.32. The lowest BCUT2D eigenvalue weighted by Gasteiger charge is -2.31. The van der Waals surface area contributed by atoms with Crippen LogP contribution >= 0.6 is 0 Å². The van der Waals surface area contributed by atoms with E-state index < -0.39 is 10.0 Å². The molecule has 35 heavy (non-hydrogen) atoms. The predicted octanol–water partition coefficient (Wildman–Crippen LogP) is 4.25. The summed E-state index contributed by atoms with van der Waals surface area (Å²) in [5.41, 5.74) is 2.99. The fourth-order valence-corrected chi connectivity index (χ4v) is 5.60. The summed E-state index contributed by atoms with van der Waals surface area (Å²) in [4.78, 5) is 17.2. The van der Waals surface area contributed by atoms with E-state index >= 15 is 0 Å². The number of carbonyl (C=O) groups excluding carboxylic acids is 1. The topological polar surface area (TPSA) is 88.6 Å². The number of aryl methyl sites for hydroxylation is 1. The minimum Gasteiger partial charge on any atom is -0.489 e. The summed E-state index contributed by atoms with van der Waals surface area (Å²) in [6.45, 7) is 4.99. The van der Waals surface area contributed by atoms with Gasteiger partial charge in [-0.1, -0.05) is 35.9 Å². The van der Waals surface area contributed by atoms with Crippen LogP contribution in [0, 0.1) is 12.8 Å². The fraction of sp³-hybridized carbons (Fsp3) is 0.333. The number of hydrogen-bond donors (Lipinski definition) is 1. The van der Waals surface area contributed by atoms with Crippen molar-refractivity contribution >= 4 is 15.9 Å². The van der Waals surface area contributed by atoms with Crippen LogP contribution in [0.3, 0.4) is 0 Å². The molecule has 4 rings (SSSR count). The Morgan fingerprint density at radius 3 is 2.40 bits per heavy atom. The molecule has 1 fully saturated rings. The van der Waals surface area contributed by atoms with Gasteiger partial charge in [0, 0.05) is 37.0 Å². The van der Waals surface area contributed by atoms with Crippen LogP contribution in [-0.2, 0) is 21.4 Å². The molecule has 1 aliphatic heterocycles. The van der Waals surface area contributed by atoms with E-state index in [0.717, 1.165) is 22.4 Å². The summed E-state index contributed by atoms with van der Waals surface area (Å²) in [5, 5.41) is 3.08. The number of sulfonamides is 1. The van der Waals surface area contributed by atoms with Crippen LogP contribution in [0.1, 0.15) is 42.5 Å². The summed E-state index contributed by atoms with van der Waals surface area (Å²) in [7, 11) is -3.53. The molecule has 1 saturated heterocycles. The van der Waals surface area contributed by atoms with Crippen LogP contribution in [0.25, 0.3) is 0 Å². The molecular weight excluding hydrogens is 462 g/mol. The van der Waals surface area contributed by atoms with Gasteiger partial charge in [0.1, 0.15) is 12.4 Å². The van der Waals surface area contributed by atoms with Crippen LogP contribution in [0.4, 0.5) is 0 Å². The van der Waals surface area contributed by atoms with Gasteiger partial charge in [0.2, 0.25) is 15.9 Å². The van der Waals surface area contributed by atoms with E-state index in [9.17, 15) is 13.2 Å². The first-order valence-electron chi connectivity index (χ1n) is 11.8. The summed E-state index contributed by atoms with van der Waals surface area (Å²) < 4.78 is 33.1. The average molecular weight is 494 g/mol. The molecule has 184 valence electrons. The SMILES string of the molecule is Cc1ccc(S(=O)(=O)N2CCC(C(=O)NC(C)c3ccc(OCc4cccnc4)cc3)CC2)cc1. The molecular formula is C27H31N3O4S. The Morgan fingerprint density at radius 1 is 1.09 bits per heavy atom. The molecule has 3 aromatic rings. The quantitative estimate of drug-likeness (QED) is 0.507. The number of benzene rings is 2. The standard InChI is InChI=1S/C27H31N3O4S/c1-20-5-11-26(12-6-20)35(32,33)30-16-13-24(14-17-30)27(31)29-21(2)23-7-9-25(10-8-23)34-19-22-4-3-15-28-18-22/h3-12,15,18,21,24H,13-14,16-17,19H2,1-2H3,(H,29,31). The Labute approximate surface area is 207 Å². The van der Waals surface area contributed by atoms with Gasteiger partial charge in [-0.3, -0.25) is 9.78 Å². The van der Waals surface area contributed by atoms with E-state index in [-0.39, 0.29) is 17.9 Å². The van der Waals surface area contributed by atoms with Crippen molar-refractivity contribution in [3.63, 3.8) is 0 Å². The summed E-state index contributed by atoms with van der Waals surface area (Å²) in [5.74, 6) is 0.504. The first-order chi connectivity index (χ1) is 16.8. The van der Waals surface area contributed by atoms with Gasteiger partial charge in [-0.15, -0.1) is 0 Å². The number of amides is 1. The van der Waals surface area contributed by atoms with Crippen molar-refractivity contribution in [1.29, 1.82) is 0 Å². The zero-order chi connectivity index (χ0) is 24.8. The minimum atomic E-state index is -3.53. The average Bonchev–Trinajstić information content (AvgIpc) is 2.88.